The first-order valence-electron chi connectivity index (χ1n) is 7.78. The molecular weight excluding hydrogens is 254 g/mol. The number of nitrogens with zero attached hydrogens (tertiary/aromatic N) is 1. The van der Waals surface area contributed by atoms with E-state index in [1.54, 1.807) is 11.8 Å². The fourth-order valence-electron chi connectivity index (χ4n) is 2.76. The molecule has 2 unspecified atom stereocenters. The van der Waals surface area contributed by atoms with Gasteiger partial charge in [0.05, 0.1) is 11.5 Å². The first-order chi connectivity index (χ1) is 9.42. The third-order valence-electron chi connectivity index (χ3n) is 3.89. The average molecular weight is 283 g/mol. The molecule has 0 radical (unpaired) electrons. The maximum atomic E-state index is 12.5. The number of likely N-dealkylation sites (tertiary alicyclic amines) is 1. The Hall–Kier alpha value is -1.10. The van der Waals surface area contributed by atoms with E-state index < -0.39 is 5.54 Å². The van der Waals surface area contributed by atoms with E-state index >= 15 is 0 Å². The lowest BCUT2D eigenvalue weighted by atomic mass is 9.91. The molecule has 116 valence electrons. The van der Waals surface area contributed by atoms with Gasteiger partial charge < -0.3 is 16.0 Å². The second kappa shape index (κ2) is 7.62. The third-order valence-corrected chi connectivity index (χ3v) is 3.89. The molecule has 5 heteroatoms. The van der Waals surface area contributed by atoms with Crippen molar-refractivity contribution in [1.82, 2.24) is 10.2 Å². The van der Waals surface area contributed by atoms with Crippen LogP contribution >= 0.6 is 0 Å². The van der Waals surface area contributed by atoms with Crippen molar-refractivity contribution in [2.75, 3.05) is 19.6 Å². The Kier molecular flexibility index (Phi) is 6.46. The van der Waals surface area contributed by atoms with Crippen LogP contribution in [0.2, 0.25) is 0 Å². The van der Waals surface area contributed by atoms with Gasteiger partial charge in [0.1, 0.15) is 0 Å². The van der Waals surface area contributed by atoms with E-state index in [9.17, 15) is 9.59 Å². The summed E-state index contributed by atoms with van der Waals surface area (Å²) >= 11 is 0. The van der Waals surface area contributed by atoms with Crippen LogP contribution in [-0.4, -0.2) is 41.9 Å². The van der Waals surface area contributed by atoms with Gasteiger partial charge >= 0.3 is 0 Å². The van der Waals surface area contributed by atoms with Gasteiger partial charge in [0, 0.05) is 19.6 Å². The molecule has 20 heavy (non-hydrogen) atoms. The number of amides is 2. The van der Waals surface area contributed by atoms with Gasteiger partial charge in [0.25, 0.3) is 0 Å². The Balaban J connectivity index is 2.60. The fraction of sp³-hybridized carbons (Fsp3) is 0.867. The van der Waals surface area contributed by atoms with Crippen molar-refractivity contribution in [1.29, 1.82) is 0 Å². The molecule has 0 bridgehead atoms. The van der Waals surface area contributed by atoms with E-state index in [2.05, 4.69) is 5.32 Å². The Morgan fingerprint density at radius 2 is 2.05 bits per heavy atom. The van der Waals surface area contributed by atoms with Gasteiger partial charge in [-0.25, -0.2) is 0 Å². The fourth-order valence-corrected chi connectivity index (χ4v) is 2.76. The number of hydrogen-bond acceptors (Lipinski definition) is 3. The van der Waals surface area contributed by atoms with Crippen molar-refractivity contribution < 1.29 is 9.59 Å². The van der Waals surface area contributed by atoms with Crippen LogP contribution in [0.15, 0.2) is 0 Å². The molecule has 1 aliphatic rings. The minimum Gasteiger partial charge on any atom is -0.356 e. The summed E-state index contributed by atoms with van der Waals surface area (Å²) < 4.78 is 0. The first-order valence-corrected chi connectivity index (χ1v) is 7.78. The predicted molar refractivity (Wildman–Crippen MR) is 80.1 cm³/mol. The van der Waals surface area contributed by atoms with E-state index in [1.807, 2.05) is 13.8 Å². The highest BCUT2D eigenvalue weighted by Crippen LogP contribution is 2.21. The summed E-state index contributed by atoms with van der Waals surface area (Å²) in [5.74, 6) is -0.0393. The number of nitrogens with one attached hydrogen (secondary N) is 1. The molecule has 5 nitrogen and oxygen atoms in total. The van der Waals surface area contributed by atoms with Crippen LogP contribution in [0.1, 0.15) is 52.9 Å². The van der Waals surface area contributed by atoms with Crippen molar-refractivity contribution >= 4 is 11.8 Å². The summed E-state index contributed by atoms with van der Waals surface area (Å²) in [6.45, 7) is 7.77. The smallest absolute Gasteiger partial charge is 0.242 e. The number of carbonyl (C=O) groups is 2. The number of piperidine rings is 1. The van der Waals surface area contributed by atoms with Gasteiger partial charge in [-0.15, -0.1) is 0 Å². The van der Waals surface area contributed by atoms with Crippen molar-refractivity contribution in [3.63, 3.8) is 0 Å². The van der Waals surface area contributed by atoms with Gasteiger partial charge in [-0.05, 0) is 32.6 Å². The monoisotopic (exact) mass is 283 g/mol. The summed E-state index contributed by atoms with van der Waals surface area (Å²) in [7, 11) is 0. The van der Waals surface area contributed by atoms with Crippen LogP contribution in [0.5, 0.6) is 0 Å². The van der Waals surface area contributed by atoms with E-state index in [-0.39, 0.29) is 17.7 Å². The topological polar surface area (TPSA) is 75.4 Å². The number of carbonyl (C=O) groups excluding carboxylic acids is 2. The largest absolute Gasteiger partial charge is 0.356 e. The summed E-state index contributed by atoms with van der Waals surface area (Å²) in [6.07, 6.45) is 4.22. The summed E-state index contributed by atoms with van der Waals surface area (Å²) in [4.78, 5) is 26.3. The van der Waals surface area contributed by atoms with E-state index in [0.29, 0.717) is 26.1 Å². The van der Waals surface area contributed by atoms with Crippen LogP contribution in [0, 0.1) is 5.92 Å². The van der Waals surface area contributed by atoms with E-state index in [4.69, 9.17) is 5.73 Å². The third kappa shape index (κ3) is 4.47. The van der Waals surface area contributed by atoms with Crippen LogP contribution in [-0.2, 0) is 9.59 Å². The zero-order chi connectivity index (χ0) is 15.2. The Bertz CT molecular complexity index is 342. The van der Waals surface area contributed by atoms with Crippen LogP contribution in [0.4, 0.5) is 0 Å². The Labute approximate surface area is 122 Å². The molecule has 2 atom stereocenters. The minimum atomic E-state index is -0.809. The average Bonchev–Trinajstić information content (AvgIpc) is 2.44. The molecule has 1 aliphatic heterocycles. The predicted octanol–water partition coefficient (Wildman–Crippen LogP) is 1.27. The summed E-state index contributed by atoms with van der Waals surface area (Å²) in [5, 5.41) is 2.92. The van der Waals surface area contributed by atoms with Crippen molar-refractivity contribution in [2.45, 2.75) is 58.4 Å². The number of nitrogens with two attached hydrogens (primary N) is 1. The van der Waals surface area contributed by atoms with Crippen LogP contribution in [0.25, 0.3) is 0 Å². The molecule has 0 saturated carbocycles. The van der Waals surface area contributed by atoms with E-state index in [0.717, 1.165) is 25.7 Å². The Morgan fingerprint density at radius 1 is 1.35 bits per heavy atom. The molecule has 1 rings (SSSR count). The van der Waals surface area contributed by atoms with Crippen molar-refractivity contribution in [3.05, 3.63) is 0 Å². The number of rotatable bonds is 6. The zero-order valence-corrected chi connectivity index (χ0v) is 13.1. The normalized spacial score (nSPS) is 22.2. The lowest BCUT2D eigenvalue weighted by Gasteiger charge is -2.37. The van der Waals surface area contributed by atoms with Crippen LogP contribution < -0.4 is 11.1 Å². The molecule has 0 aromatic rings. The van der Waals surface area contributed by atoms with Gasteiger partial charge in [0.15, 0.2) is 0 Å². The molecule has 1 fully saturated rings. The standard InChI is InChI=1S/C15H29N3O2/c1-4-8-15(3,16)14(20)18-10-6-7-12(11-18)13(19)17-9-5-2/h12H,4-11,16H2,1-3H3,(H,17,19). The highest BCUT2D eigenvalue weighted by Gasteiger charge is 2.35. The molecule has 1 heterocycles. The van der Waals surface area contributed by atoms with Gasteiger partial charge in [-0.1, -0.05) is 20.3 Å². The molecule has 1 saturated heterocycles. The van der Waals surface area contributed by atoms with E-state index in [1.165, 1.54) is 0 Å². The minimum absolute atomic E-state index is 0.0210. The lowest BCUT2D eigenvalue weighted by Crippen LogP contribution is -2.56. The van der Waals surface area contributed by atoms with Gasteiger partial charge in [-0.3, -0.25) is 9.59 Å². The van der Waals surface area contributed by atoms with Crippen molar-refractivity contribution in [3.8, 4) is 0 Å². The second-order valence-electron chi connectivity index (χ2n) is 6.05. The first kappa shape index (κ1) is 17.0. The molecule has 0 aromatic carbocycles. The van der Waals surface area contributed by atoms with Gasteiger partial charge in [0.2, 0.25) is 11.8 Å². The summed E-state index contributed by atoms with van der Waals surface area (Å²) in [5.41, 5.74) is 5.30. The Morgan fingerprint density at radius 3 is 2.65 bits per heavy atom. The van der Waals surface area contributed by atoms with Crippen molar-refractivity contribution in [2.24, 2.45) is 11.7 Å². The molecule has 0 aromatic heterocycles. The SMILES string of the molecule is CCCNC(=O)C1CCCN(C(=O)C(C)(N)CCC)C1. The maximum absolute atomic E-state index is 12.5. The highest BCUT2D eigenvalue weighted by atomic mass is 16.2. The summed E-state index contributed by atoms with van der Waals surface area (Å²) in [6, 6.07) is 0. The second-order valence-corrected chi connectivity index (χ2v) is 6.05. The lowest BCUT2D eigenvalue weighted by molar-refractivity contribution is -0.140. The zero-order valence-electron chi connectivity index (χ0n) is 13.1. The molecular formula is C15H29N3O2. The number of hydrogen-bond donors (Lipinski definition) is 2. The van der Waals surface area contributed by atoms with Crippen LogP contribution in [0.3, 0.4) is 0 Å². The molecule has 0 spiro atoms. The molecule has 2 amide bonds. The van der Waals surface area contributed by atoms with Gasteiger partial charge in [-0.2, -0.15) is 0 Å². The highest BCUT2D eigenvalue weighted by molar-refractivity contribution is 5.87. The maximum Gasteiger partial charge on any atom is 0.242 e. The molecule has 3 N–H and O–H groups in total. The quantitative estimate of drug-likeness (QED) is 0.771. The molecule has 0 aliphatic carbocycles.